The van der Waals surface area contributed by atoms with E-state index in [-0.39, 0.29) is 21.2 Å². The van der Waals surface area contributed by atoms with Gasteiger partial charge >= 0.3 is 10.3 Å². The minimum atomic E-state index is -4.71. The van der Waals surface area contributed by atoms with Gasteiger partial charge in [0.15, 0.2) is 5.78 Å². The molecular formula is C21H20BrN4O7S2+. The number of hydrogen-bond acceptors (Lipinski definition) is 7. The number of β-lactam (4-membered cyclic amide) rings is 1. The summed E-state index contributed by atoms with van der Waals surface area (Å²) in [5.74, 6) is -1.70. The first-order chi connectivity index (χ1) is 16.5. The maximum atomic E-state index is 13.3. The molecule has 2 unspecified atom stereocenters. The van der Waals surface area contributed by atoms with Gasteiger partial charge in [-0.2, -0.15) is 13.4 Å². The van der Waals surface area contributed by atoms with Crippen LogP contribution in [0.3, 0.4) is 0 Å². The van der Waals surface area contributed by atoms with Gasteiger partial charge in [-0.05, 0) is 28.4 Å². The number of ketones is 1. The second-order valence-electron chi connectivity index (χ2n) is 7.75. The fourth-order valence-corrected chi connectivity index (χ4v) is 6.99. The maximum absolute atomic E-state index is 13.3. The molecule has 35 heavy (non-hydrogen) atoms. The molecule has 0 bridgehead atoms. The van der Waals surface area contributed by atoms with Gasteiger partial charge in [0, 0.05) is 17.0 Å². The molecule has 3 aliphatic rings. The molecule has 184 valence electrons. The number of benzene rings is 1. The standard InChI is InChI=1S/C21H19BrN4O7S2/c1-2-34-10-12(16-14(27)8-15(22)24-20(16)34)18(28)25-17(11-6-4-3-5-7-11)19(29)23-13-9-26(21(13)30)35(31,32)33/h3-8,13,17H,2,9-10H2,1H3,(H2-,23,25,28,29,31,32,33)/p+1/t13?,17-,34?/m1/s1. The molecule has 3 heterocycles. The third-order valence-corrected chi connectivity index (χ3v) is 9.06. The van der Waals surface area contributed by atoms with Crippen LogP contribution in [0.5, 0.6) is 0 Å². The van der Waals surface area contributed by atoms with E-state index in [1.54, 1.807) is 30.3 Å². The largest absolute Gasteiger partial charge is 0.362 e. The lowest BCUT2D eigenvalue weighted by Crippen LogP contribution is -2.66. The molecule has 0 aliphatic carbocycles. The molecule has 0 saturated carbocycles. The number of hydrogen-bond donors (Lipinski definition) is 3. The average molecular weight is 584 g/mol. The van der Waals surface area contributed by atoms with Crippen LogP contribution in [0.15, 0.2) is 57.2 Å². The molecule has 0 aromatic heterocycles. The van der Waals surface area contributed by atoms with Gasteiger partial charge in [-0.1, -0.05) is 30.3 Å². The first-order valence-corrected chi connectivity index (χ1v) is 14.1. The number of nitrogens with zero attached hydrogens (tertiary/aromatic N) is 2. The lowest BCUT2D eigenvalue weighted by atomic mass is 10.0. The molecule has 3 aliphatic heterocycles. The Kier molecular flexibility index (Phi) is 6.99. The zero-order valence-electron chi connectivity index (χ0n) is 18.2. The molecule has 14 heteroatoms. The molecule has 1 fully saturated rings. The summed E-state index contributed by atoms with van der Waals surface area (Å²) < 4.78 is 32.0. The Morgan fingerprint density at radius 1 is 1.29 bits per heavy atom. The van der Waals surface area contributed by atoms with E-state index in [0.29, 0.717) is 26.7 Å². The van der Waals surface area contributed by atoms with Crippen LogP contribution in [0.1, 0.15) is 18.5 Å². The fourth-order valence-electron chi connectivity index (χ4n) is 3.82. The summed E-state index contributed by atoms with van der Waals surface area (Å²) in [4.78, 5) is 55.5. The van der Waals surface area contributed by atoms with Crippen molar-refractivity contribution in [2.24, 2.45) is 4.99 Å². The zero-order valence-corrected chi connectivity index (χ0v) is 21.4. The van der Waals surface area contributed by atoms with E-state index < -0.39 is 57.5 Å². The second-order valence-corrected chi connectivity index (χ2v) is 12.1. The number of rotatable bonds is 7. The van der Waals surface area contributed by atoms with Crippen molar-refractivity contribution < 1.29 is 32.1 Å². The first-order valence-electron chi connectivity index (χ1n) is 10.4. The monoisotopic (exact) mass is 583 g/mol. The van der Waals surface area contributed by atoms with Crippen molar-refractivity contribution in [1.29, 1.82) is 0 Å². The Hall–Kier alpha value is -2.81. The topological polar surface area (TPSA) is 162 Å². The van der Waals surface area contributed by atoms with Crippen molar-refractivity contribution in [1.82, 2.24) is 14.9 Å². The minimum absolute atomic E-state index is 0.228. The maximum Gasteiger partial charge on any atom is 0.362 e. The van der Waals surface area contributed by atoms with Gasteiger partial charge in [0.05, 0.1) is 12.1 Å². The van der Waals surface area contributed by atoms with E-state index in [0.717, 1.165) is 0 Å². The molecule has 3 amide bonds. The molecular weight excluding hydrogens is 564 g/mol. The third-order valence-electron chi connectivity index (χ3n) is 5.59. The molecule has 1 aromatic carbocycles. The highest BCUT2D eigenvalue weighted by Crippen LogP contribution is 2.32. The predicted octanol–water partition coefficient (Wildman–Crippen LogP) is 0.140. The Morgan fingerprint density at radius 3 is 2.57 bits per heavy atom. The van der Waals surface area contributed by atoms with Gasteiger partial charge in [-0.3, -0.25) is 23.7 Å². The SMILES string of the molecule is CC[S+]1CC(C(=O)N[C@@H](C(=O)NC2CN(S(=O)(=O)O)C2=O)c2ccccc2)=C2C(=O)C=C(Br)N=C21. The Bertz CT molecular complexity index is 1320. The Morgan fingerprint density at radius 2 is 1.97 bits per heavy atom. The number of allylic oxidation sites excluding steroid dienone is 1. The lowest BCUT2D eigenvalue weighted by molar-refractivity contribution is -0.141. The van der Waals surface area contributed by atoms with Crippen molar-refractivity contribution in [2.45, 2.75) is 19.0 Å². The van der Waals surface area contributed by atoms with Crippen LogP contribution in [0.2, 0.25) is 0 Å². The van der Waals surface area contributed by atoms with E-state index in [1.165, 1.54) is 6.08 Å². The van der Waals surface area contributed by atoms with Gasteiger partial charge in [-0.25, -0.2) is 4.31 Å². The number of carbonyl (C=O) groups is 4. The summed E-state index contributed by atoms with van der Waals surface area (Å²) in [6.45, 7) is 1.51. The number of halogens is 1. The van der Waals surface area contributed by atoms with E-state index in [2.05, 4.69) is 31.6 Å². The van der Waals surface area contributed by atoms with E-state index >= 15 is 0 Å². The van der Waals surface area contributed by atoms with E-state index in [4.69, 9.17) is 4.55 Å². The van der Waals surface area contributed by atoms with Crippen molar-refractivity contribution in [3.05, 3.63) is 57.7 Å². The van der Waals surface area contributed by atoms with Gasteiger partial charge in [-0.15, -0.1) is 0 Å². The van der Waals surface area contributed by atoms with Crippen LogP contribution in [-0.4, -0.2) is 69.9 Å². The summed E-state index contributed by atoms with van der Waals surface area (Å²) in [5, 5.41) is 5.63. The first kappa shape index (κ1) is 25.3. The van der Waals surface area contributed by atoms with Crippen molar-refractivity contribution in [3.63, 3.8) is 0 Å². The molecule has 1 saturated heterocycles. The van der Waals surface area contributed by atoms with E-state index in [1.807, 2.05) is 6.92 Å². The number of carbonyl (C=O) groups excluding carboxylic acids is 4. The normalized spacial score (nSPS) is 22.7. The zero-order chi connectivity index (χ0) is 25.5. The molecule has 3 N–H and O–H groups in total. The fraction of sp³-hybridized carbons (Fsp3) is 0.286. The molecule has 1 aromatic rings. The van der Waals surface area contributed by atoms with Crippen molar-refractivity contribution >= 4 is 65.7 Å². The smallest absolute Gasteiger partial charge is 0.341 e. The van der Waals surface area contributed by atoms with E-state index in [9.17, 15) is 27.6 Å². The Labute approximate surface area is 212 Å². The van der Waals surface area contributed by atoms with Crippen LogP contribution in [0.25, 0.3) is 0 Å². The summed E-state index contributed by atoms with van der Waals surface area (Å²) in [6.07, 6.45) is 1.29. The van der Waals surface area contributed by atoms with Gasteiger partial charge in [0.2, 0.25) is 5.91 Å². The van der Waals surface area contributed by atoms with Crippen LogP contribution >= 0.6 is 15.9 Å². The number of nitrogens with one attached hydrogen (secondary N) is 2. The highest BCUT2D eigenvalue weighted by atomic mass is 79.9. The molecule has 4 rings (SSSR count). The summed E-state index contributed by atoms with van der Waals surface area (Å²) in [5.41, 5.74) is 0.892. The van der Waals surface area contributed by atoms with Crippen LogP contribution in [-0.2, 0) is 40.4 Å². The van der Waals surface area contributed by atoms with Crippen LogP contribution in [0.4, 0.5) is 0 Å². The predicted molar refractivity (Wildman–Crippen MR) is 132 cm³/mol. The van der Waals surface area contributed by atoms with Gasteiger partial charge < -0.3 is 10.6 Å². The molecule has 11 nitrogen and oxygen atoms in total. The van der Waals surface area contributed by atoms with Crippen LogP contribution < -0.4 is 10.6 Å². The third kappa shape index (κ3) is 4.96. The lowest BCUT2D eigenvalue weighted by Gasteiger charge is -2.36. The van der Waals surface area contributed by atoms with Gasteiger partial charge in [0.25, 0.3) is 16.9 Å². The van der Waals surface area contributed by atoms with Crippen LogP contribution in [0, 0.1) is 0 Å². The molecule has 3 atom stereocenters. The average Bonchev–Trinajstić information content (AvgIpc) is 3.18. The quantitative estimate of drug-likeness (QED) is 0.178. The highest BCUT2D eigenvalue weighted by molar-refractivity contribution is 9.11. The summed E-state index contributed by atoms with van der Waals surface area (Å²) in [6, 6.07) is 5.88. The number of aliphatic imine (C=N–C) groups is 1. The van der Waals surface area contributed by atoms with Crippen molar-refractivity contribution in [3.8, 4) is 0 Å². The molecule has 0 spiro atoms. The summed E-state index contributed by atoms with van der Waals surface area (Å²) in [7, 11) is -5.15. The van der Waals surface area contributed by atoms with Gasteiger partial charge in [0.1, 0.15) is 33.8 Å². The molecule has 0 radical (unpaired) electrons. The number of fused-ring (bicyclic) bond motifs is 1. The number of amides is 3. The Balaban J connectivity index is 1.58. The second kappa shape index (κ2) is 9.68. The summed E-state index contributed by atoms with van der Waals surface area (Å²) >= 11 is 3.22. The minimum Gasteiger partial charge on any atom is -0.341 e. The highest BCUT2D eigenvalue weighted by Gasteiger charge is 2.48. The van der Waals surface area contributed by atoms with Crippen molar-refractivity contribution in [2.75, 3.05) is 18.1 Å².